The van der Waals surface area contributed by atoms with Gasteiger partial charge in [-0.05, 0) is 30.3 Å². The monoisotopic (exact) mass is 329 g/mol. The molecule has 0 aliphatic carbocycles. The maximum absolute atomic E-state index is 11.9. The van der Waals surface area contributed by atoms with Gasteiger partial charge in [-0.1, -0.05) is 23.7 Å². The highest BCUT2D eigenvalue weighted by Gasteiger charge is 2.14. The Labute approximate surface area is 137 Å². The fraction of sp³-hybridized carbons (Fsp3) is 0.0625. The number of ether oxygens (including phenoxy) is 1. The summed E-state index contributed by atoms with van der Waals surface area (Å²) in [6.45, 7) is -0.499. The third-order valence-corrected chi connectivity index (χ3v) is 3.12. The highest BCUT2D eigenvalue weighted by atomic mass is 35.5. The standard InChI is InChI=1S/C16H12ClN3O3/c17-11-5-6-12(13(19)7-11)16(22)23-9-15(21)20-14-4-2-1-3-10(14)8-18/h1-7H,9,19H2,(H,20,21). The van der Waals surface area contributed by atoms with Gasteiger partial charge in [-0.3, -0.25) is 4.79 Å². The average Bonchev–Trinajstić information content (AvgIpc) is 2.53. The summed E-state index contributed by atoms with van der Waals surface area (Å²) in [5, 5.41) is 11.8. The smallest absolute Gasteiger partial charge is 0.340 e. The van der Waals surface area contributed by atoms with Crippen molar-refractivity contribution < 1.29 is 14.3 Å². The first-order valence-corrected chi connectivity index (χ1v) is 6.90. The van der Waals surface area contributed by atoms with Crippen LogP contribution in [0.1, 0.15) is 15.9 Å². The van der Waals surface area contributed by atoms with Crippen LogP contribution in [-0.2, 0) is 9.53 Å². The molecule has 0 saturated heterocycles. The molecule has 0 fully saturated rings. The summed E-state index contributed by atoms with van der Waals surface area (Å²) in [7, 11) is 0. The van der Waals surface area contributed by atoms with Gasteiger partial charge in [-0.2, -0.15) is 5.26 Å². The van der Waals surface area contributed by atoms with Crippen molar-refractivity contribution in [3.8, 4) is 6.07 Å². The van der Waals surface area contributed by atoms with Crippen molar-refractivity contribution in [2.24, 2.45) is 0 Å². The minimum absolute atomic E-state index is 0.125. The number of amides is 1. The maximum atomic E-state index is 11.9. The van der Waals surface area contributed by atoms with Crippen molar-refractivity contribution in [1.29, 1.82) is 5.26 Å². The predicted octanol–water partition coefficient (Wildman–Crippen LogP) is 2.59. The fourth-order valence-electron chi connectivity index (χ4n) is 1.80. The van der Waals surface area contributed by atoms with E-state index in [1.54, 1.807) is 24.3 Å². The van der Waals surface area contributed by atoms with Crippen LogP contribution < -0.4 is 11.1 Å². The summed E-state index contributed by atoms with van der Waals surface area (Å²) in [6.07, 6.45) is 0. The van der Waals surface area contributed by atoms with Crippen molar-refractivity contribution in [3.05, 3.63) is 58.6 Å². The first-order valence-electron chi connectivity index (χ1n) is 6.52. The number of para-hydroxylation sites is 1. The van der Waals surface area contributed by atoms with Crippen molar-refractivity contribution in [2.45, 2.75) is 0 Å². The van der Waals surface area contributed by atoms with Crippen LogP contribution in [0.15, 0.2) is 42.5 Å². The highest BCUT2D eigenvalue weighted by Crippen LogP contribution is 2.19. The Morgan fingerprint density at radius 2 is 2.00 bits per heavy atom. The number of hydrogen-bond donors (Lipinski definition) is 2. The number of nitrogen functional groups attached to an aromatic ring is 1. The van der Waals surface area contributed by atoms with Gasteiger partial charge < -0.3 is 15.8 Å². The molecule has 0 aliphatic heterocycles. The molecule has 6 nitrogen and oxygen atoms in total. The zero-order valence-electron chi connectivity index (χ0n) is 11.9. The molecule has 7 heteroatoms. The van der Waals surface area contributed by atoms with E-state index in [0.717, 1.165) is 0 Å². The third kappa shape index (κ3) is 4.22. The number of carbonyl (C=O) groups is 2. The topological polar surface area (TPSA) is 105 Å². The van der Waals surface area contributed by atoms with Gasteiger partial charge >= 0.3 is 5.97 Å². The number of nitrogens with one attached hydrogen (secondary N) is 1. The molecule has 0 spiro atoms. The van der Waals surface area contributed by atoms with E-state index in [-0.39, 0.29) is 11.3 Å². The molecule has 3 N–H and O–H groups in total. The lowest BCUT2D eigenvalue weighted by Gasteiger charge is -2.09. The average molecular weight is 330 g/mol. The second kappa shape index (κ2) is 7.29. The van der Waals surface area contributed by atoms with Gasteiger partial charge in [0, 0.05) is 10.7 Å². The zero-order chi connectivity index (χ0) is 16.8. The molecule has 116 valence electrons. The maximum Gasteiger partial charge on any atom is 0.340 e. The van der Waals surface area contributed by atoms with Crippen LogP contribution in [0.4, 0.5) is 11.4 Å². The molecule has 2 aromatic carbocycles. The zero-order valence-corrected chi connectivity index (χ0v) is 12.6. The highest BCUT2D eigenvalue weighted by molar-refractivity contribution is 6.31. The summed E-state index contributed by atoms with van der Waals surface area (Å²) in [5.74, 6) is -1.29. The summed E-state index contributed by atoms with van der Waals surface area (Å²) in [4.78, 5) is 23.7. The first-order chi connectivity index (χ1) is 11.0. The minimum atomic E-state index is -0.733. The largest absolute Gasteiger partial charge is 0.452 e. The molecule has 0 aromatic heterocycles. The van der Waals surface area contributed by atoms with Crippen LogP contribution in [0.5, 0.6) is 0 Å². The lowest BCUT2D eigenvalue weighted by Crippen LogP contribution is -2.21. The molecule has 0 radical (unpaired) electrons. The molecule has 0 saturated carbocycles. The van der Waals surface area contributed by atoms with Crippen molar-refractivity contribution in [3.63, 3.8) is 0 Å². The van der Waals surface area contributed by atoms with Crippen LogP contribution in [-0.4, -0.2) is 18.5 Å². The molecular formula is C16H12ClN3O3. The fourth-order valence-corrected chi connectivity index (χ4v) is 1.98. The predicted molar refractivity (Wildman–Crippen MR) is 85.9 cm³/mol. The molecule has 0 aliphatic rings. The quantitative estimate of drug-likeness (QED) is 0.662. The molecule has 2 aromatic rings. The second-order valence-electron chi connectivity index (χ2n) is 4.51. The van der Waals surface area contributed by atoms with E-state index in [4.69, 9.17) is 27.3 Å². The van der Waals surface area contributed by atoms with Gasteiger partial charge in [0.1, 0.15) is 6.07 Å². The summed E-state index contributed by atoms with van der Waals surface area (Å²) in [6, 6.07) is 12.8. The first kappa shape index (κ1) is 16.3. The van der Waals surface area contributed by atoms with Gasteiger partial charge in [-0.25, -0.2) is 4.79 Å². The Morgan fingerprint density at radius 1 is 1.26 bits per heavy atom. The number of anilines is 2. The van der Waals surface area contributed by atoms with Crippen molar-refractivity contribution in [1.82, 2.24) is 0 Å². The molecule has 23 heavy (non-hydrogen) atoms. The molecule has 2 rings (SSSR count). The van der Waals surface area contributed by atoms with Crippen LogP contribution in [0, 0.1) is 11.3 Å². The van der Waals surface area contributed by atoms with E-state index in [1.165, 1.54) is 18.2 Å². The van der Waals surface area contributed by atoms with E-state index in [9.17, 15) is 9.59 Å². The lowest BCUT2D eigenvalue weighted by atomic mass is 10.2. The number of rotatable bonds is 4. The van der Waals surface area contributed by atoms with Gasteiger partial charge in [0.15, 0.2) is 6.61 Å². The molecule has 1 amide bonds. The molecular weight excluding hydrogens is 318 g/mol. The van der Waals surface area contributed by atoms with E-state index in [1.807, 2.05) is 6.07 Å². The van der Waals surface area contributed by atoms with Gasteiger partial charge in [0.05, 0.1) is 16.8 Å². The third-order valence-electron chi connectivity index (χ3n) is 2.89. The summed E-state index contributed by atoms with van der Waals surface area (Å²) in [5.41, 5.74) is 6.62. The van der Waals surface area contributed by atoms with Gasteiger partial charge in [0.25, 0.3) is 5.91 Å². The molecule has 0 heterocycles. The van der Waals surface area contributed by atoms with Crippen molar-refractivity contribution >= 4 is 34.9 Å². The van der Waals surface area contributed by atoms with Crippen LogP contribution >= 0.6 is 11.6 Å². The number of benzene rings is 2. The Kier molecular flexibility index (Phi) is 5.18. The number of nitrogens with zero attached hydrogens (tertiary/aromatic N) is 1. The lowest BCUT2D eigenvalue weighted by molar-refractivity contribution is -0.119. The number of carbonyl (C=O) groups excluding carboxylic acids is 2. The molecule has 0 unspecified atom stereocenters. The normalized spacial score (nSPS) is 9.74. The summed E-state index contributed by atoms with van der Waals surface area (Å²) >= 11 is 5.75. The van der Waals surface area contributed by atoms with Crippen LogP contribution in [0.25, 0.3) is 0 Å². The van der Waals surface area contributed by atoms with Gasteiger partial charge in [-0.15, -0.1) is 0 Å². The van der Waals surface area contributed by atoms with E-state index in [2.05, 4.69) is 5.32 Å². The molecule has 0 atom stereocenters. The second-order valence-corrected chi connectivity index (χ2v) is 4.95. The minimum Gasteiger partial charge on any atom is -0.452 e. The van der Waals surface area contributed by atoms with E-state index < -0.39 is 18.5 Å². The summed E-state index contributed by atoms with van der Waals surface area (Å²) < 4.78 is 4.90. The van der Waals surface area contributed by atoms with E-state index in [0.29, 0.717) is 16.3 Å². The number of esters is 1. The Hall–Kier alpha value is -3.04. The molecule has 0 bridgehead atoms. The van der Waals surface area contributed by atoms with E-state index >= 15 is 0 Å². The van der Waals surface area contributed by atoms with Gasteiger partial charge in [0.2, 0.25) is 0 Å². The number of nitrogens with two attached hydrogens (primary N) is 1. The van der Waals surface area contributed by atoms with Crippen molar-refractivity contribution in [2.75, 3.05) is 17.7 Å². The Balaban J connectivity index is 1.96. The number of nitriles is 1. The number of hydrogen-bond acceptors (Lipinski definition) is 5. The van der Waals surface area contributed by atoms with Crippen LogP contribution in [0.3, 0.4) is 0 Å². The SMILES string of the molecule is N#Cc1ccccc1NC(=O)COC(=O)c1ccc(Cl)cc1N. The Bertz CT molecular complexity index is 799. The number of halogens is 1. The van der Waals surface area contributed by atoms with Crippen LogP contribution in [0.2, 0.25) is 5.02 Å². The Morgan fingerprint density at radius 3 is 2.70 bits per heavy atom.